The summed E-state index contributed by atoms with van der Waals surface area (Å²) in [5, 5.41) is 20.7. The number of carboxylic acid groups (broad SMARTS) is 2. The lowest BCUT2D eigenvalue weighted by Crippen LogP contribution is -2.43. The summed E-state index contributed by atoms with van der Waals surface area (Å²) in [6.45, 7) is 2.07. The number of unbranched alkanes of at least 4 members (excludes halogenated alkanes) is 4. The molecule has 0 spiro atoms. The van der Waals surface area contributed by atoms with Crippen LogP contribution >= 0.6 is 0 Å². The van der Waals surface area contributed by atoms with Crippen molar-refractivity contribution in [3.8, 4) is 0 Å². The maximum absolute atomic E-state index is 10.3. The predicted octanol–water partition coefficient (Wildman–Crippen LogP) is -0.537. The third-order valence-electron chi connectivity index (χ3n) is 2.17. The van der Waals surface area contributed by atoms with Crippen LogP contribution in [-0.2, 0) is 9.59 Å². The van der Waals surface area contributed by atoms with E-state index in [1.165, 1.54) is 0 Å². The van der Waals surface area contributed by atoms with Gasteiger partial charge in [-0.1, -0.05) is 39.0 Å². The Morgan fingerprint density at radius 1 is 1.00 bits per heavy atom. The van der Waals surface area contributed by atoms with Gasteiger partial charge in [0.05, 0.1) is 11.9 Å². The van der Waals surface area contributed by atoms with E-state index < -0.39 is 17.9 Å². The minimum Gasteiger partial charge on any atom is -0.549 e. The van der Waals surface area contributed by atoms with Gasteiger partial charge in [0.2, 0.25) is 0 Å². The van der Waals surface area contributed by atoms with Crippen molar-refractivity contribution in [1.82, 2.24) is 0 Å². The molecule has 0 amide bonds. The lowest BCUT2D eigenvalue weighted by Gasteiger charge is -2.18. The summed E-state index contributed by atoms with van der Waals surface area (Å²) >= 11 is 0. The van der Waals surface area contributed by atoms with Gasteiger partial charge in [0.25, 0.3) is 0 Å². The Hall–Kier alpha value is -1.06. The lowest BCUT2D eigenvalue weighted by atomic mass is 10.0. The zero-order valence-electron chi connectivity index (χ0n) is 8.45. The first-order chi connectivity index (χ1) is 6.59. The summed E-state index contributed by atoms with van der Waals surface area (Å²) in [5.41, 5.74) is 0. The van der Waals surface area contributed by atoms with Gasteiger partial charge >= 0.3 is 0 Å². The van der Waals surface area contributed by atoms with Crippen molar-refractivity contribution in [1.29, 1.82) is 0 Å². The number of carboxylic acids is 2. The molecule has 0 fully saturated rings. The lowest BCUT2D eigenvalue weighted by molar-refractivity contribution is -0.332. The molecule has 0 aliphatic heterocycles. The SMILES string of the molecule is CCCCCCCC(C(=O)[O-])C(=O)[O-]. The molecule has 0 aromatic rings. The van der Waals surface area contributed by atoms with Gasteiger partial charge in [0.1, 0.15) is 0 Å². The van der Waals surface area contributed by atoms with Gasteiger partial charge in [-0.15, -0.1) is 0 Å². The summed E-state index contributed by atoms with van der Waals surface area (Å²) in [6, 6.07) is 0. The monoisotopic (exact) mass is 200 g/mol. The van der Waals surface area contributed by atoms with Gasteiger partial charge in [-0.05, 0) is 6.42 Å². The minimum atomic E-state index is -1.54. The summed E-state index contributed by atoms with van der Waals surface area (Å²) in [4.78, 5) is 20.7. The van der Waals surface area contributed by atoms with Crippen LogP contribution in [0.25, 0.3) is 0 Å². The number of hydrogen-bond donors (Lipinski definition) is 0. The van der Waals surface area contributed by atoms with Crippen molar-refractivity contribution < 1.29 is 19.8 Å². The average Bonchev–Trinajstić information content (AvgIpc) is 2.09. The Morgan fingerprint density at radius 3 is 1.93 bits per heavy atom. The van der Waals surface area contributed by atoms with Crippen LogP contribution in [0.3, 0.4) is 0 Å². The molecule has 14 heavy (non-hydrogen) atoms. The maximum atomic E-state index is 10.3. The topological polar surface area (TPSA) is 80.3 Å². The van der Waals surface area contributed by atoms with Crippen LogP contribution in [0, 0.1) is 5.92 Å². The van der Waals surface area contributed by atoms with Crippen LogP contribution in [0.2, 0.25) is 0 Å². The van der Waals surface area contributed by atoms with Crippen LogP contribution in [0.1, 0.15) is 45.4 Å². The van der Waals surface area contributed by atoms with E-state index in [-0.39, 0.29) is 6.42 Å². The number of hydrogen-bond acceptors (Lipinski definition) is 4. The zero-order valence-corrected chi connectivity index (χ0v) is 8.45. The second-order valence-electron chi connectivity index (χ2n) is 3.39. The average molecular weight is 200 g/mol. The minimum absolute atomic E-state index is 0.119. The molecule has 0 aliphatic carbocycles. The van der Waals surface area contributed by atoms with Crippen LogP contribution < -0.4 is 10.2 Å². The van der Waals surface area contributed by atoms with Crippen LogP contribution in [0.4, 0.5) is 0 Å². The second-order valence-corrected chi connectivity index (χ2v) is 3.39. The zero-order chi connectivity index (χ0) is 11.0. The van der Waals surface area contributed by atoms with Gasteiger partial charge in [-0.2, -0.15) is 0 Å². The highest BCUT2D eigenvalue weighted by atomic mass is 16.4. The molecule has 4 nitrogen and oxygen atoms in total. The van der Waals surface area contributed by atoms with E-state index in [9.17, 15) is 19.8 Å². The molecule has 0 heterocycles. The van der Waals surface area contributed by atoms with E-state index in [2.05, 4.69) is 6.92 Å². The quantitative estimate of drug-likeness (QED) is 0.389. The molecule has 0 aromatic heterocycles. The van der Waals surface area contributed by atoms with Crippen LogP contribution in [-0.4, -0.2) is 11.9 Å². The second kappa shape index (κ2) is 7.35. The summed E-state index contributed by atoms with van der Waals surface area (Å²) < 4.78 is 0. The molecule has 0 aliphatic rings. The molecule has 0 bridgehead atoms. The molecular weight excluding hydrogens is 184 g/mol. The highest BCUT2D eigenvalue weighted by Crippen LogP contribution is 2.10. The molecule has 4 heteroatoms. The van der Waals surface area contributed by atoms with Crippen LogP contribution in [0.5, 0.6) is 0 Å². The van der Waals surface area contributed by atoms with Gasteiger partial charge in [-0.3, -0.25) is 0 Å². The third kappa shape index (κ3) is 5.56. The molecule has 0 saturated carbocycles. The highest BCUT2D eigenvalue weighted by molar-refractivity contribution is 5.90. The molecule has 0 N–H and O–H groups in total. The van der Waals surface area contributed by atoms with Crippen molar-refractivity contribution in [2.75, 3.05) is 0 Å². The Labute approximate surface area is 83.9 Å². The Morgan fingerprint density at radius 2 is 1.50 bits per heavy atom. The van der Waals surface area contributed by atoms with E-state index in [0.717, 1.165) is 25.7 Å². The van der Waals surface area contributed by atoms with E-state index in [1.54, 1.807) is 0 Å². The molecule has 0 rings (SSSR count). The third-order valence-corrected chi connectivity index (χ3v) is 2.17. The molecule has 0 atom stereocenters. The van der Waals surface area contributed by atoms with Gasteiger partial charge < -0.3 is 19.8 Å². The first-order valence-electron chi connectivity index (χ1n) is 5.01. The molecule has 0 aromatic carbocycles. The summed E-state index contributed by atoms with van der Waals surface area (Å²) in [6.07, 6.45) is 4.81. The fraction of sp³-hybridized carbons (Fsp3) is 0.800. The van der Waals surface area contributed by atoms with Gasteiger partial charge in [-0.25, -0.2) is 0 Å². The van der Waals surface area contributed by atoms with Crippen LogP contribution in [0.15, 0.2) is 0 Å². The number of rotatable bonds is 8. The fourth-order valence-electron chi connectivity index (χ4n) is 1.28. The predicted molar refractivity (Wildman–Crippen MR) is 46.9 cm³/mol. The molecule has 0 radical (unpaired) electrons. The molecule has 0 saturated heterocycles. The van der Waals surface area contributed by atoms with Gasteiger partial charge in [0.15, 0.2) is 0 Å². The van der Waals surface area contributed by atoms with Crippen molar-refractivity contribution in [3.63, 3.8) is 0 Å². The van der Waals surface area contributed by atoms with Crippen molar-refractivity contribution in [3.05, 3.63) is 0 Å². The molecular formula is C10H16O4-2. The van der Waals surface area contributed by atoms with E-state index in [0.29, 0.717) is 6.42 Å². The van der Waals surface area contributed by atoms with E-state index in [4.69, 9.17) is 0 Å². The summed E-state index contributed by atoms with van der Waals surface area (Å²) in [7, 11) is 0. The number of carbonyl (C=O) groups is 2. The first kappa shape index (κ1) is 12.9. The molecule has 0 unspecified atom stereocenters. The Kier molecular flexibility index (Phi) is 6.80. The van der Waals surface area contributed by atoms with Crippen molar-refractivity contribution >= 4 is 11.9 Å². The van der Waals surface area contributed by atoms with E-state index in [1.807, 2.05) is 0 Å². The first-order valence-corrected chi connectivity index (χ1v) is 5.01. The Bertz CT molecular complexity index is 175. The highest BCUT2D eigenvalue weighted by Gasteiger charge is 2.10. The Balaban J connectivity index is 3.62. The smallest absolute Gasteiger partial charge is 0.0501 e. The van der Waals surface area contributed by atoms with Gasteiger partial charge in [0, 0.05) is 5.92 Å². The maximum Gasteiger partial charge on any atom is 0.0501 e. The molecule has 82 valence electrons. The number of aliphatic carboxylic acids is 2. The van der Waals surface area contributed by atoms with Crippen molar-refractivity contribution in [2.45, 2.75) is 45.4 Å². The fourth-order valence-corrected chi connectivity index (χ4v) is 1.28. The largest absolute Gasteiger partial charge is 0.549 e. The summed E-state index contributed by atoms with van der Waals surface area (Å²) in [5.74, 6) is -4.53. The number of carbonyl (C=O) groups excluding carboxylic acids is 2. The van der Waals surface area contributed by atoms with E-state index >= 15 is 0 Å². The normalized spacial score (nSPS) is 10.4. The standard InChI is InChI=1S/C10H18O4/c1-2-3-4-5-6-7-8(9(11)12)10(13)14/h8H,2-7H2,1H3,(H,11,12)(H,13,14)/p-2. The van der Waals surface area contributed by atoms with Crippen molar-refractivity contribution in [2.24, 2.45) is 5.92 Å².